The van der Waals surface area contributed by atoms with Gasteiger partial charge in [0.15, 0.2) is 5.78 Å². The lowest BCUT2D eigenvalue weighted by Crippen LogP contribution is -2.14. The third-order valence-electron chi connectivity index (χ3n) is 3.13. The Balaban J connectivity index is 2.07. The predicted molar refractivity (Wildman–Crippen MR) is 71.6 cm³/mol. The number of carbonyl (C=O) groups is 1. The molecule has 0 aliphatic carbocycles. The maximum absolute atomic E-state index is 12.4. The highest BCUT2D eigenvalue weighted by atomic mass is 32.2. The van der Waals surface area contributed by atoms with Gasteiger partial charge >= 0.3 is 0 Å². The first-order valence-corrected chi connectivity index (χ1v) is 6.91. The zero-order valence-electron chi connectivity index (χ0n) is 9.43. The molecule has 3 rings (SSSR count). The molecule has 3 heteroatoms. The average Bonchev–Trinajstić information content (AvgIpc) is 2.91. The van der Waals surface area contributed by atoms with Crippen LogP contribution in [0, 0.1) is 0 Å². The van der Waals surface area contributed by atoms with E-state index in [1.54, 1.807) is 18.0 Å². The molecule has 1 saturated heterocycles. The van der Waals surface area contributed by atoms with Crippen LogP contribution in [0.1, 0.15) is 23.2 Å². The van der Waals surface area contributed by atoms with Gasteiger partial charge in [0, 0.05) is 17.1 Å². The molecule has 0 spiro atoms. The molecule has 2 aromatic rings. The Morgan fingerprint density at radius 2 is 2.24 bits per heavy atom. The van der Waals surface area contributed by atoms with E-state index in [0.717, 1.165) is 35.1 Å². The van der Waals surface area contributed by atoms with E-state index >= 15 is 0 Å². The fraction of sp³-hybridized carbons (Fsp3) is 0.286. The lowest BCUT2D eigenvalue weighted by molar-refractivity contribution is 0.0990. The molecule has 0 bridgehead atoms. The molecular formula is C14H13NOS. The maximum atomic E-state index is 12.4. The minimum Gasteiger partial charge on any atom is -0.293 e. The van der Waals surface area contributed by atoms with Crippen LogP contribution >= 0.6 is 11.8 Å². The third kappa shape index (κ3) is 1.95. The van der Waals surface area contributed by atoms with Crippen LogP contribution in [0.15, 0.2) is 36.5 Å². The molecule has 1 aromatic carbocycles. The van der Waals surface area contributed by atoms with Crippen molar-refractivity contribution < 1.29 is 4.79 Å². The number of nitrogens with zero attached hydrogens (tertiary/aromatic N) is 1. The standard InChI is InChI=1S/C14H13NOS/c16-14(13-7-3-9-17-13)11-4-1-6-12-10(11)5-2-8-15-12/h1-2,4-6,8,13H,3,7,9H2. The molecular weight excluding hydrogens is 230 g/mol. The number of hydrogen-bond donors (Lipinski definition) is 0. The molecule has 2 nitrogen and oxygen atoms in total. The molecule has 1 aliphatic heterocycles. The lowest BCUT2D eigenvalue weighted by atomic mass is 10.0. The molecule has 86 valence electrons. The Kier molecular flexibility index (Phi) is 2.85. The number of ketones is 1. The van der Waals surface area contributed by atoms with Gasteiger partial charge in [0.25, 0.3) is 0 Å². The number of carbonyl (C=O) groups excluding carboxylic acids is 1. The number of aromatic nitrogens is 1. The Morgan fingerprint density at radius 3 is 3.06 bits per heavy atom. The second kappa shape index (κ2) is 4.49. The summed E-state index contributed by atoms with van der Waals surface area (Å²) in [6.07, 6.45) is 3.94. The molecule has 0 saturated carbocycles. The van der Waals surface area contributed by atoms with Gasteiger partial charge in [-0.05, 0) is 30.7 Å². The molecule has 2 heterocycles. The average molecular weight is 243 g/mol. The number of hydrogen-bond acceptors (Lipinski definition) is 3. The van der Waals surface area contributed by atoms with Gasteiger partial charge in [0.2, 0.25) is 0 Å². The summed E-state index contributed by atoms with van der Waals surface area (Å²) in [7, 11) is 0. The SMILES string of the molecule is O=C(c1cccc2ncccc12)C1CCCS1. The van der Waals surface area contributed by atoms with E-state index in [2.05, 4.69) is 4.98 Å². The van der Waals surface area contributed by atoms with E-state index in [-0.39, 0.29) is 11.0 Å². The summed E-state index contributed by atoms with van der Waals surface area (Å²) in [4.78, 5) is 16.7. The van der Waals surface area contributed by atoms with Crippen molar-refractivity contribution in [2.24, 2.45) is 0 Å². The van der Waals surface area contributed by atoms with Crippen molar-refractivity contribution in [1.29, 1.82) is 0 Å². The van der Waals surface area contributed by atoms with Crippen LogP contribution in [0.4, 0.5) is 0 Å². The van der Waals surface area contributed by atoms with Crippen molar-refractivity contribution in [3.05, 3.63) is 42.1 Å². The van der Waals surface area contributed by atoms with Crippen LogP contribution in [0.3, 0.4) is 0 Å². The van der Waals surface area contributed by atoms with E-state index < -0.39 is 0 Å². The van der Waals surface area contributed by atoms with E-state index in [0.29, 0.717) is 0 Å². The van der Waals surface area contributed by atoms with Gasteiger partial charge in [0.05, 0.1) is 10.8 Å². The molecule has 1 aliphatic rings. The van der Waals surface area contributed by atoms with Gasteiger partial charge in [-0.2, -0.15) is 11.8 Å². The number of pyridine rings is 1. The fourth-order valence-corrected chi connectivity index (χ4v) is 3.51. The van der Waals surface area contributed by atoms with Gasteiger partial charge in [-0.1, -0.05) is 18.2 Å². The number of thioether (sulfide) groups is 1. The zero-order chi connectivity index (χ0) is 11.7. The van der Waals surface area contributed by atoms with Crippen molar-refractivity contribution in [1.82, 2.24) is 4.98 Å². The summed E-state index contributed by atoms with van der Waals surface area (Å²) >= 11 is 1.78. The van der Waals surface area contributed by atoms with Gasteiger partial charge in [-0.25, -0.2) is 0 Å². The summed E-state index contributed by atoms with van der Waals surface area (Å²) in [6, 6.07) is 9.66. The van der Waals surface area contributed by atoms with E-state index in [9.17, 15) is 4.79 Å². The molecule has 17 heavy (non-hydrogen) atoms. The fourth-order valence-electron chi connectivity index (χ4n) is 2.28. The molecule has 1 atom stereocenters. The van der Waals surface area contributed by atoms with Crippen molar-refractivity contribution >= 4 is 28.4 Å². The summed E-state index contributed by atoms with van der Waals surface area (Å²) < 4.78 is 0. The third-order valence-corrected chi connectivity index (χ3v) is 4.51. The summed E-state index contributed by atoms with van der Waals surface area (Å²) in [6.45, 7) is 0. The summed E-state index contributed by atoms with van der Waals surface area (Å²) in [5.41, 5.74) is 1.73. The topological polar surface area (TPSA) is 30.0 Å². The second-order valence-electron chi connectivity index (χ2n) is 4.24. The van der Waals surface area contributed by atoms with Crippen LogP contribution in [0.2, 0.25) is 0 Å². The van der Waals surface area contributed by atoms with Crippen molar-refractivity contribution in [3.63, 3.8) is 0 Å². The Labute approximate surface area is 104 Å². The van der Waals surface area contributed by atoms with Crippen LogP contribution < -0.4 is 0 Å². The van der Waals surface area contributed by atoms with Gasteiger partial charge < -0.3 is 0 Å². The van der Waals surface area contributed by atoms with Crippen LogP contribution in [-0.4, -0.2) is 21.8 Å². The minimum absolute atomic E-state index is 0.154. The quantitative estimate of drug-likeness (QED) is 0.758. The first-order valence-electron chi connectivity index (χ1n) is 5.86. The monoisotopic (exact) mass is 243 g/mol. The maximum Gasteiger partial charge on any atom is 0.176 e. The smallest absolute Gasteiger partial charge is 0.176 e. The van der Waals surface area contributed by atoms with Gasteiger partial charge in [-0.15, -0.1) is 0 Å². The van der Waals surface area contributed by atoms with Crippen molar-refractivity contribution in [2.75, 3.05) is 5.75 Å². The normalized spacial score (nSPS) is 19.6. The van der Waals surface area contributed by atoms with E-state index in [1.807, 2.05) is 30.3 Å². The van der Waals surface area contributed by atoms with Crippen LogP contribution in [0.25, 0.3) is 10.9 Å². The van der Waals surface area contributed by atoms with Gasteiger partial charge in [-0.3, -0.25) is 9.78 Å². The van der Waals surface area contributed by atoms with E-state index in [1.165, 1.54) is 0 Å². The highest BCUT2D eigenvalue weighted by Crippen LogP contribution is 2.30. The molecule has 1 aromatic heterocycles. The zero-order valence-corrected chi connectivity index (χ0v) is 10.2. The summed E-state index contributed by atoms with van der Waals surface area (Å²) in [5, 5.41) is 1.13. The van der Waals surface area contributed by atoms with Gasteiger partial charge in [0.1, 0.15) is 0 Å². The summed E-state index contributed by atoms with van der Waals surface area (Å²) in [5.74, 6) is 1.38. The Bertz CT molecular complexity index is 556. The molecule has 1 fully saturated rings. The number of Topliss-reactive ketones (excluding diaryl/α,β-unsaturated/α-hetero) is 1. The molecule has 0 N–H and O–H groups in total. The molecule has 0 amide bonds. The highest BCUT2D eigenvalue weighted by Gasteiger charge is 2.25. The van der Waals surface area contributed by atoms with Crippen LogP contribution in [0.5, 0.6) is 0 Å². The highest BCUT2D eigenvalue weighted by molar-refractivity contribution is 8.00. The number of fused-ring (bicyclic) bond motifs is 1. The number of rotatable bonds is 2. The first-order chi connectivity index (χ1) is 8.36. The minimum atomic E-state index is 0.154. The van der Waals surface area contributed by atoms with Crippen molar-refractivity contribution in [2.45, 2.75) is 18.1 Å². The van der Waals surface area contributed by atoms with Crippen LogP contribution in [-0.2, 0) is 0 Å². The largest absolute Gasteiger partial charge is 0.293 e. The first kappa shape index (κ1) is 10.8. The predicted octanol–water partition coefficient (Wildman–Crippen LogP) is 3.31. The molecule has 1 unspecified atom stereocenters. The Hall–Kier alpha value is -1.35. The Morgan fingerprint density at radius 1 is 1.29 bits per heavy atom. The lowest BCUT2D eigenvalue weighted by Gasteiger charge is -2.09. The molecule has 0 radical (unpaired) electrons. The van der Waals surface area contributed by atoms with E-state index in [4.69, 9.17) is 0 Å². The second-order valence-corrected chi connectivity index (χ2v) is 5.55. The number of benzene rings is 1. The van der Waals surface area contributed by atoms with Crippen molar-refractivity contribution in [3.8, 4) is 0 Å².